The number of rotatable bonds is 4. The molecule has 1 unspecified atom stereocenters. The maximum Gasteiger partial charge on any atom is 0.335 e. The van der Waals surface area contributed by atoms with Gasteiger partial charge >= 0.3 is 5.97 Å². The summed E-state index contributed by atoms with van der Waals surface area (Å²) in [4.78, 5) is 28.0. The smallest absolute Gasteiger partial charge is 0.335 e. The van der Waals surface area contributed by atoms with Crippen LogP contribution in [-0.2, 0) is 9.53 Å². The van der Waals surface area contributed by atoms with Gasteiger partial charge in [-0.3, -0.25) is 9.56 Å². The Morgan fingerprint density at radius 2 is 2.03 bits per heavy atom. The maximum atomic E-state index is 11.1. The second-order valence-electron chi connectivity index (χ2n) is 6.69. The molecular weight excluding hydrogens is 384 g/mol. The summed E-state index contributed by atoms with van der Waals surface area (Å²) in [6, 6.07) is 1.84. The number of aromatic nitrogens is 2. The SMILES string of the molecule is CCN=C1N=C(C#N)N=c2c1nc(=C(C)C)n2[C@@H]1O[C@H](C(O)C(=O)O)[C@@H](O)[C@H]1O. The third-order valence-corrected chi connectivity index (χ3v) is 4.47. The number of aliphatic carboxylic acids is 1. The number of imidazole rings is 1. The lowest BCUT2D eigenvalue weighted by Crippen LogP contribution is -2.43. The normalized spacial score (nSPS) is 28.3. The van der Waals surface area contributed by atoms with Crippen molar-refractivity contribution in [1.29, 1.82) is 5.26 Å². The predicted octanol–water partition coefficient (Wildman–Crippen LogP) is -2.54. The fraction of sp³-hybridized carbons (Fsp3) is 0.529. The number of carbonyl (C=O) groups is 1. The van der Waals surface area contributed by atoms with E-state index in [2.05, 4.69) is 20.0 Å². The van der Waals surface area contributed by atoms with Crippen molar-refractivity contribution in [2.24, 2.45) is 15.0 Å². The molecule has 0 aromatic carbocycles. The van der Waals surface area contributed by atoms with Crippen LogP contribution in [-0.4, -0.2) is 78.6 Å². The van der Waals surface area contributed by atoms with Crippen LogP contribution in [0.4, 0.5) is 0 Å². The third-order valence-electron chi connectivity index (χ3n) is 4.47. The fourth-order valence-corrected chi connectivity index (χ4v) is 3.16. The predicted molar refractivity (Wildman–Crippen MR) is 97.5 cm³/mol. The highest BCUT2D eigenvalue weighted by Gasteiger charge is 2.49. The van der Waals surface area contributed by atoms with E-state index in [1.807, 2.05) is 6.07 Å². The number of nitrogens with zero attached hydrogens (tertiary/aromatic N) is 6. The van der Waals surface area contributed by atoms with Crippen molar-refractivity contribution in [2.75, 3.05) is 6.54 Å². The molecule has 1 fully saturated rings. The Kier molecular flexibility index (Phi) is 5.58. The number of nitriles is 1. The number of ether oxygens (including phenoxy) is 1. The van der Waals surface area contributed by atoms with E-state index >= 15 is 0 Å². The Balaban J connectivity index is 2.24. The largest absolute Gasteiger partial charge is 0.479 e. The zero-order chi connectivity index (χ0) is 21.5. The van der Waals surface area contributed by atoms with E-state index in [-0.39, 0.29) is 22.9 Å². The van der Waals surface area contributed by atoms with Crippen molar-refractivity contribution in [3.8, 4) is 6.07 Å². The minimum absolute atomic E-state index is 0.127. The number of carboxylic acids is 1. The highest BCUT2D eigenvalue weighted by Crippen LogP contribution is 2.30. The molecule has 2 aliphatic rings. The number of fused-ring (bicyclic) bond motifs is 1. The van der Waals surface area contributed by atoms with Crippen LogP contribution in [0.15, 0.2) is 15.0 Å². The van der Waals surface area contributed by atoms with Crippen LogP contribution in [0.5, 0.6) is 0 Å². The molecule has 5 atom stereocenters. The first-order valence-electron chi connectivity index (χ1n) is 8.81. The van der Waals surface area contributed by atoms with Gasteiger partial charge in [0.25, 0.3) is 0 Å². The minimum Gasteiger partial charge on any atom is -0.479 e. The molecule has 0 amide bonds. The molecule has 3 rings (SSSR count). The fourth-order valence-electron chi connectivity index (χ4n) is 3.16. The average molecular weight is 404 g/mol. The number of aliphatic hydroxyl groups is 3. The molecule has 12 heteroatoms. The summed E-state index contributed by atoms with van der Waals surface area (Å²) in [7, 11) is 0. The third kappa shape index (κ3) is 3.45. The van der Waals surface area contributed by atoms with Gasteiger partial charge in [0.1, 0.15) is 29.9 Å². The van der Waals surface area contributed by atoms with Crippen LogP contribution in [0, 0.1) is 11.3 Å². The average Bonchev–Trinajstić information content (AvgIpc) is 3.19. The number of aliphatic hydroxyl groups excluding tert-OH is 3. The van der Waals surface area contributed by atoms with E-state index in [4.69, 9.17) is 9.84 Å². The van der Waals surface area contributed by atoms with Crippen molar-refractivity contribution >= 4 is 23.2 Å². The van der Waals surface area contributed by atoms with Crippen LogP contribution in [0.2, 0.25) is 0 Å². The van der Waals surface area contributed by atoms with Crippen molar-refractivity contribution in [3.05, 3.63) is 16.7 Å². The van der Waals surface area contributed by atoms with Crippen LogP contribution >= 0.6 is 0 Å². The Hall–Kier alpha value is -2.98. The van der Waals surface area contributed by atoms with Gasteiger partial charge in [-0.15, -0.1) is 0 Å². The van der Waals surface area contributed by atoms with Crippen LogP contribution in [0.25, 0.3) is 5.57 Å². The standard InChI is InChI=1S/C17H20N6O6/c1-4-19-13-8-15(21-7(5-18)20-13)23(14(22-8)6(2)3)16-10(25)9(24)12(29-16)11(26)17(27)28/h9-12,16,24-26H,4H2,1-3H3,(H,27,28)/t9-,10+,11?,12-,16+/m0/s1. The molecule has 0 spiro atoms. The number of carboxylic acid groups (broad SMARTS) is 1. The molecular formula is C17H20N6O6. The van der Waals surface area contributed by atoms with Gasteiger partial charge in [0.2, 0.25) is 5.84 Å². The molecule has 2 aliphatic heterocycles. The first kappa shape index (κ1) is 20.7. The lowest BCUT2D eigenvalue weighted by atomic mass is 10.1. The molecule has 154 valence electrons. The van der Waals surface area contributed by atoms with Gasteiger partial charge in [0, 0.05) is 6.54 Å². The molecule has 3 heterocycles. The van der Waals surface area contributed by atoms with E-state index in [0.717, 1.165) is 0 Å². The molecule has 0 aliphatic carbocycles. The van der Waals surface area contributed by atoms with Gasteiger partial charge in [-0.1, -0.05) is 0 Å². The second kappa shape index (κ2) is 7.80. The summed E-state index contributed by atoms with van der Waals surface area (Å²) in [6.45, 7) is 5.65. The van der Waals surface area contributed by atoms with Crippen LogP contribution < -0.4 is 11.0 Å². The van der Waals surface area contributed by atoms with Crippen molar-refractivity contribution in [2.45, 2.75) is 51.4 Å². The van der Waals surface area contributed by atoms with Gasteiger partial charge in [-0.05, 0) is 26.3 Å². The summed E-state index contributed by atoms with van der Waals surface area (Å²) in [5.74, 6) is -1.60. The van der Waals surface area contributed by atoms with E-state index in [1.54, 1.807) is 20.8 Å². The first-order valence-corrected chi connectivity index (χ1v) is 8.81. The van der Waals surface area contributed by atoms with Gasteiger partial charge in [0.15, 0.2) is 29.3 Å². The lowest BCUT2D eigenvalue weighted by Gasteiger charge is -2.18. The van der Waals surface area contributed by atoms with Crippen molar-refractivity contribution < 1.29 is 30.0 Å². The van der Waals surface area contributed by atoms with Crippen molar-refractivity contribution in [1.82, 2.24) is 9.55 Å². The van der Waals surface area contributed by atoms with Crippen LogP contribution in [0.3, 0.4) is 0 Å². The monoisotopic (exact) mass is 404 g/mol. The highest BCUT2D eigenvalue weighted by molar-refractivity contribution is 6.12. The lowest BCUT2D eigenvalue weighted by molar-refractivity contribution is -0.160. The Bertz CT molecular complexity index is 1060. The van der Waals surface area contributed by atoms with Gasteiger partial charge in [-0.2, -0.15) is 15.2 Å². The van der Waals surface area contributed by atoms with E-state index in [0.29, 0.717) is 17.6 Å². The minimum atomic E-state index is -2.05. The molecule has 0 saturated carbocycles. The summed E-state index contributed by atoms with van der Waals surface area (Å²) >= 11 is 0. The molecule has 0 bridgehead atoms. The van der Waals surface area contributed by atoms with E-state index < -0.39 is 36.6 Å². The molecule has 1 aromatic rings. The zero-order valence-electron chi connectivity index (χ0n) is 15.9. The van der Waals surface area contributed by atoms with E-state index in [1.165, 1.54) is 4.57 Å². The number of amidine groups is 2. The Morgan fingerprint density at radius 3 is 2.59 bits per heavy atom. The van der Waals surface area contributed by atoms with Gasteiger partial charge < -0.3 is 25.2 Å². The highest BCUT2D eigenvalue weighted by atomic mass is 16.6. The van der Waals surface area contributed by atoms with Gasteiger partial charge in [-0.25, -0.2) is 9.78 Å². The first-order chi connectivity index (χ1) is 13.7. The quantitative estimate of drug-likeness (QED) is 0.422. The summed E-state index contributed by atoms with van der Waals surface area (Å²) in [6.07, 6.45) is -8.20. The van der Waals surface area contributed by atoms with Crippen LogP contribution in [0.1, 0.15) is 32.7 Å². The molecule has 29 heavy (non-hydrogen) atoms. The van der Waals surface area contributed by atoms with E-state index in [9.17, 15) is 25.4 Å². The van der Waals surface area contributed by atoms with Gasteiger partial charge in [0.05, 0.1) is 0 Å². The molecule has 4 N–H and O–H groups in total. The maximum absolute atomic E-state index is 11.1. The molecule has 1 saturated heterocycles. The topological polar surface area (TPSA) is 186 Å². The number of hydrogen-bond donors (Lipinski definition) is 4. The molecule has 12 nitrogen and oxygen atoms in total. The summed E-state index contributed by atoms with van der Waals surface area (Å²) < 4.78 is 6.88. The number of hydrogen-bond acceptors (Lipinski definition) is 9. The second-order valence-corrected chi connectivity index (χ2v) is 6.69. The Labute approximate surface area is 164 Å². The Morgan fingerprint density at radius 1 is 1.34 bits per heavy atom. The number of aliphatic imine (C=N–C) groups is 2. The summed E-state index contributed by atoms with van der Waals surface area (Å²) in [5.41, 5.74) is 1.39. The molecule has 0 radical (unpaired) electrons. The van der Waals surface area contributed by atoms with Crippen molar-refractivity contribution in [3.63, 3.8) is 0 Å². The zero-order valence-corrected chi connectivity index (χ0v) is 15.9. The summed E-state index contributed by atoms with van der Waals surface area (Å²) in [5, 5.41) is 48.9. The molecule has 1 aromatic heterocycles.